The first kappa shape index (κ1) is 37.6. The third-order valence-electron chi connectivity index (χ3n) is 6.82. The molecule has 9 heteroatoms. The van der Waals surface area contributed by atoms with Gasteiger partial charge in [-0.15, -0.1) is 0 Å². The quantitative estimate of drug-likeness (QED) is 0.285. The Balaban J connectivity index is 0. The SMILES string of the molecule is C=C(C)C1CCC(C)(C)CC1O.C=C(C)C1CCC(C)(C)CC1OC(=O)CC(=O)O.CC(=O)OC(C)=O.O. The van der Waals surface area contributed by atoms with Crippen LogP contribution in [0.1, 0.15) is 100 Å². The van der Waals surface area contributed by atoms with Crippen LogP contribution >= 0.6 is 0 Å². The Morgan fingerprint density at radius 1 is 0.816 bits per heavy atom. The molecular weight excluding hydrogens is 492 g/mol. The number of esters is 3. The minimum atomic E-state index is -1.15. The summed E-state index contributed by atoms with van der Waals surface area (Å²) in [5.41, 5.74) is 2.59. The van der Waals surface area contributed by atoms with E-state index in [0.29, 0.717) is 11.3 Å². The van der Waals surface area contributed by atoms with E-state index in [2.05, 4.69) is 45.6 Å². The molecule has 38 heavy (non-hydrogen) atoms. The molecule has 2 fully saturated rings. The smallest absolute Gasteiger partial charge is 0.317 e. The summed E-state index contributed by atoms with van der Waals surface area (Å²) in [6.07, 6.45) is 5.03. The van der Waals surface area contributed by atoms with Crippen molar-refractivity contribution in [3.8, 4) is 0 Å². The van der Waals surface area contributed by atoms with Crippen molar-refractivity contribution in [2.24, 2.45) is 22.7 Å². The topological polar surface area (TPSA) is 159 Å². The molecular formula is C29H50O9. The lowest BCUT2D eigenvalue weighted by Gasteiger charge is -2.40. The maximum absolute atomic E-state index is 11.5. The Hall–Kier alpha value is -2.52. The van der Waals surface area contributed by atoms with Crippen LogP contribution in [-0.2, 0) is 28.7 Å². The Bertz CT molecular complexity index is 829. The predicted octanol–water partition coefficient (Wildman–Crippen LogP) is 4.80. The van der Waals surface area contributed by atoms with Crippen LogP contribution in [0.4, 0.5) is 0 Å². The number of carbonyl (C=O) groups excluding carboxylic acids is 3. The lowest BCUT2D eigenvalue weighted by Crippen LogP contribution is -2.37. The fourth-order valence-electron chi connectivity index (χ4n) is 4.87. The van der Waals surface area contributed by atoms with Gasteiger partial charge >= 0.3 is 23.9 Å². The van der Waals surface area contributed by atoms with Crippen molar-refractivity contribution in [1.29, 1.82) is 0 Å². The molecule has 0 aromatic carbocycles. The summed E-state index contributed by atoms with van der Waals surface area (Å²) in [4.78, 5) is 41.6. The van der Waals surface area contributed by atoms with Gasteiger partial charge in [-0.25, -0.2) is 0 Å². The van der Waals surface area contributed by atoms with Crippen molar-refractivity contribution in [1.82, 2.24) is 0 Å². The molecule has 2 aliphatic rings. The summed E-state index contributed by atoms with van der Waals surface area (Å²) in [5, 5.41) is 18.4. The zero-order valence-electron chi connectivity index (χ0n) is 24.5. The molecule has 2 rings (SSSR count). The number of aliphatic hydroxyl groups excluding tert-OH is 1. The molecule has 0 spiro atoms. The van der Waals surface area contributed by atoms with Crippen molar-refractivity contribution in [2.75, 3.05) is 0 Å². The molecule has 0 aromatic heterocycles. The van der Waals surface area contributed by atoms with Crippen LogP contribution in [-0.4, -0.2) is 51.8 Å². The van der Waals surface area contributed by atoms with Gasteiger partial charge in [0.05, 0.1) is 6.10 Å². The van der Waals surface area contributed by atoms with Crippen LogP contribution in [0, 0.1) is 22.7 Å². The van der Waals surface area contributed by atoms with Gasteiger partial charge in [-0.05, 0) is 63.2 Å². The number of carboxylic acid groups (broad SMARTS) is 1. The summed E-state index contributed by atoms with van der Waals surface area (Å²) in [7, 11) is 0. The van der Waals surface area contributed by atoms with E-state index in [9.17, 15) is 24.3 Å². The second-order valence-electron chi connectivity index (χ2n) is 12.0. The van der Waals surface area contributed by atoms with Crippen molar-refractivity contribution in [3.05, 3.63) is 24.3 Å². The molecule has 4 N–H and O–H groups in total. The monoisotopic (exact) mass is 542 g/mol. The lowest BCUT2D eigenvalue weighted by molar-refractivity contribution is -0.160. The van der Waals surface area contributed by atoms with Gasteiger partial charge in [0.1, 0.15) is 12.5 Å². The molecule has 0 radical (unpaired) electrons. The van der Waals surface area contributed by atoms with Gasteiger partial charge in [0, 0.05) is 25.7 Å². The number of hydrogen-bond acceptors (Lipinski definition) is 7. The van der Waals surface area contributed by atoms with Crippen LogP contribution < -0.4 is 0 Å². The van der Waals surface area contributed by atoms with Gasteiger partial charge in [-0.1, -0.05) is 52.0 Å². The molecule has 0 aromatic rings. The molecule has 9 nitrogen and oxygen atoms in total. The zero-order chi connectivity index (χ0) is 29.1. The highest BCUT2D eigenvalue weighted by atomic mass is 16.6. The van der Waals surface area contributed by atoms with Crippen molar-refractivity contribution in [2.45, 2.75) is 113 Å². The number of aliphatic carboxylic acids is 1. The first-order valence-electron chi connectivity index (χ1n) is 12.9. The molecule has 4 atom stereocenters. The van der Waals surface area contributed by atoms with Gasteiger partial charge < -0.3 is 25.2 Å². The molecule has 0 heterocycles. The van der Waals surface area contributed by atoms with Crippen molar-refractivity contribution < 1.29 is 44.3 Å². The third kappa shape index (κ3) is 15.7. The largest absolute Gasteiger partial charge is 0.481 e. The normalized spacial score (nSPS) is 24.9. The molecule has 2 aliphatic carbocycles. The molecule has 4 unspecified atom stereocenters. The molecule has 0 amide bonds. The van der Waals surface area contributed by atoms with E-state index in [4.69, 9.17) is 9.84 Å². The van der Waals surface area contributed by atoms with E-state index >= 15 is 0 Å². The predicted molar refractivity (Wildman–Crippen MR) is 146 cm³/mol. The van der Waals surface area contributed by atoms with Crippen LogP contribution in [0.25, 0.3) is 0 Å². The summed E-state index contributed by atoms with van der Waals surface area (Å²) in [6, 6.07) is 0. The van der Waals surface area contributed by atoms with E-state index in [1.54, 1.807) is 0 Å². The number of ether oxygens (including phenoxy) is 2. The van der Waals surface area contributed by atoms with E-state index in [1.807, 2.05) is 13.8 Å². The number of hydrogen-bond donors (Lipinski definition) is 2. The Morgan fingerprint density at radius 2 is 1.24 bits per heavy atom. The minimum Gasteiger partial charge on any atom is -0.481 e. The number of aliphatic hydroxyl groups is 1. The fourth-order valence-corrected chi connectivity index (χ4v) is 4.87. The van der Waals surface area contributed by atoms with Crippen molar-refractivity contribution in [3.63, 3.8) is 0 Å². The second-order valence-corrected chi connectivity index (χ2v) is 12.0. The zero-order valence-corrected chi connectivity index (χ0v) is 24.5. The van der Waals surface area contributed by atoms with Gasteiger partial charge in [0.15, 0.2) is 0 Å². The number of carboxylic acids is 1. The Labute approximate surface area is 228 Å². The Morgan fingerprint density at radius 3 is 1.58 bits per heavy atom. The lowest BCUT2D eigenvalue weighted by atomic mass is 9.70. The second kappa shape index (κ2) is 16.4. The van der Waals surface area contributed by atoms with Crippen LogP contribution in [0.15, 0.2) is 24.3 Å². The first-order chi connectivity index (χ1) is 16.8. The van der Waals surface area contributed by atoms with Gasteiger partial charge in [-0.3, -0.25) is 19.2 Å². The number of rotatable bonds is 5. The van der Waals surface area contributed by atoms with E-state index in [-0.39, 0.29) is 29.0 Å². The summed E-state index contributed by atoms with van der Waals surface area (Å²) in [5.74, 6) is -2.44. The average molecular weight is 543 g/mol. The first-order valence-corrected chi connectivity index (χ1v) is 12.9. The highest BCUT2D eigenvalue weighted by Gasteiger charge is 2.37. The maximum atomic E-state index is 11.5. The fraction of sp³-hybridized carbons (Fsp3) is 0.724. The molecule has 0 aliphatic heterocycles. The average Bonchev–Trinajstić information content (AvgIpc) is 2.65. The molecule has 2 saturated carbocycles. The van der Waals surface area contributed by atoms with Crippen LogP contribution in [0.2, 0.25) is 0 Å². The van der Waals surface area contributed by atoms with Crippen molar-refractivity contribution >= 4 is 23.9 Å². The molecule has 0 bridgehead atoms. The molecule has 0 saturated heterocycles. The van der Waals surface area contributed by atoms with Crippen LogP contribution in [0.5, 0.6) is 0 Å². The minimum absolute atomic E-state index is 0. The van der Waals surface area contributed by atoms with Gasteiger partial charge in [-0.2, -0.15) is 0 Å². The summed E-state index contributed by atoms with van der Waals surface area (Å²) in [6.45, 7) is 22.9. The van der Waals surface area contributed by atoms with E-state index < -0.39 is 30.3 Å². The van der Waals surface area contributed by atoms with E-state index in [0.717, 1.165) is 43.3 Å². The van der Waals surface area contributed by atoms with Gasteiger partial charge in [0.2, 0.25) is 0 Å². The highest BCUT2D eigenvalue weighted by Crippen LogP contribution is 2.42. The standard InChI is InChI=1S/C14H22O4.C11H20O.C4H6O3.H2O/c1-9(2)10-5-6-14(3,4)8-11(10)18-13(17)7-12(15)16;1-8(2)9-5-6-11(3,4)7-10(9)12;1-3(5)7-4(2)6;/h10-11H,1,5-8H2,2-4H3,(H,15,16);9-10,12H,1,5-7H2,2-4H3;1-2H3;1H2. The van der Waals surface area contributed by atoms with Crippen LogP contribution in [0.3, 0.4) is 0 Å². The molecule has 220 valence electrons. The highest BCUT2D eigenvalue weighted by molar-refractivity contribution is 5.90. The summed E-state index contributed by atoms with van der Waals surface area (Å²) < 4.78 is 9.30. The van der Waals surface area contributed by atoms with E-state index in [1.165, 1.54) is 20.3 Å². The Kier molecular flexibility index (Phi) is 16.3. The summed E-state index contributed by atoms with van der Waals surface area (Å²) >= 11 is 0. The third-order valence-corrected chi connectivity index (χ3v) is 6.82. The maximum Gasteiger partial charge on any atom is 0.317 e. The number of carbonyl (C=O) groups is 4. The van der Waals surface area contributed by atoms with Gasteiger partial charge in [0.25, 0.3) is 0 Å².